The van der Waals surface area contributed by atoms with Gasteiger partial charge in [-0.2, -0.15) is 13.2 Å². The van der Waals surface area contributed by atoms with Crippen LogP contribution in [0.25, 0.3) is 0 Å². The van der Waals surface area contributed by atoms with Crippen LogP contribution in [0.1, 0.15) is 18.1 Å². The van der Waals surface area contributed by atoms with Crippen LogP contribution in [0.5, 0.6) is 0 Å². The van der Waals surface area contributed by atoms with E-state index in [0.29, 0.717) is 12.2 Å². The van der Waals surface area contributed by atoms with E-state index < -0.39 is 17.3 Å². The van der Waals surface area contributed by atoms with Gasteiger partial charge < -0.3 is 4.74 Å². The third-order valence-electron chi connectivity index (χ3n) is 2.38. The van der Waals surface area contributed by atoms with E-state index in [1.807, 2.05) is 0 Å². The van der Waals surface area contributed by atoms with Crippen molar-refractivity contribution >= 4 is 0 Å². The van der Waals surface area contributed by atoms with Gasteiger partial charge in [0.1, 0.15) is 5.60 Å². The summed E-state index contributed by atoms with van der Waals surface area (Å²) in [4.78, 5) is 0. The molecule has 0 N–H and O–H groups in total. The SMILES string of the molecule is C[C@]1(c2cccc(C(F)(F)F)c2)CO1. The third kappa shape index (κ3) is 1.62. The van der Waals surface area contributed by atoms with Crippen LogP contribution in [0, 0.1) is 0 Å². The molecule has 1 atom stereocenters. The zero-order chi connectivity index (χ0) is 10.4. The Balaban J connectivity index is 2.37. The summed E-state index contributed by atoms with van der Waals surface area (Å²) in [5.74, 6) is 0. The molecule has 0 aliphatic carbocycles. The zero-order valence-electron chi connectivity index (χ0n) is 7.56. The predicted octanol–water partition coefficient (Wildman–Crippen LogP) is 2.95. The molecular formula is C10H9F3O. The molecule has 2 rings (SSSR count). The van der Waals surface area contributed by atoms with E-state index in [0.717, 1.165) is 12.1 Å². The van der Waals surface area contributed by atoms with Crippen molar-refractivity contribution in [2.24, 2.45) is 0 Å². The van der Waals surface area contributed by atoms with E-state index in [2.05, 4.69) is 0 Å². The monoisotopic (exact) mass is 202 g/mol. The first kappa shape index (κ1) is 9.52. The molecule has 14 heavy (non-hydrogen) atoms. The van der Waals surface area contributed by atoms with Gasteiger partial charge in [-0.25, -0.2) is 0 Å². The van der Waals surface area contributed by atoms with E-state index >= 15 is 0 Å². The smallest absolute Gasteiger partial charge is 0.365 e. The van der Waals surface area contributed by atoms with Gasteiger partial charge >= 0.3 is 6.18 Å². The van der Waals surface area contributed by atoms with Gasteiger partial charge in [-0.1, -0.05) is 12.1 Å². The summed E-state index contributed by atoms with van der Waals surface area (Å²) in [6.45, 7) is 2.27. The average molecular weight is 202 g/mol. The third-order valence-corrected chi connectivity index (χ3v) is 2.38. The molecule has 1 saturated heterocycles. The molecule has 1 aliphatic rings. The Bertz CT molecular complexity index is 332. The van der Waals surface area contributed by atoms with Crippen molar-refractivity contribution in [2.45, 2.75) is 18.7 Å². The van der Waals surface area contributed by atoms with Crippen LogP contribution < -0.4 is 0 Å². The molecule has 1 fully saturated rings. The minimum absolute atomic E-state index is 0.494. The van der Waals surface area contributed by atoms with E-state index in [9.17, 15) is 13.2 Å². The number of ether oxygens (including phenoxy) is 1. The van der Waals surface area contributed by atoms with Crippen LogP contribution in [-0.2, 0) is 16.5 Å². The van der Waals surface area contributed by atoms with Crippen LogP contribution in [0.4, 0.5) is 13.2 Å². The maximum Gasteiger partial charge on any atom is 0.416 e. The second-order valence-corrected chi connectivity index (χ2v) is 3.60. The molecule has 0 saturated carbocycles. The summed E-state index contributed by atoms with van der Waals surface area (Å²) in [5.41, 5.74) is -0.527. The van der Waals surface area contributed by atoms with Gasteiger partial charge in [0.05, 0.1) is 12.2 Å². The minimum atomic E-state index is -4.28. The molecular weight excluding hydrogens is 193 g/mol. The van der Waals surface area contributed by atoms with Gasteiger partial charge in [0.25, 0.3) is 0 Å². The van der Waals surface area contributed by atoms with Crippen molar-refractivity contribution in [2.75, 3.05) is 6.61 Å². The molecule has 1 aromatic rings. The Morgan fingerprint density at radius 3 is 2.50 bits per heavy atom. The molecule has 1 nitrogen and oxygen atoms in total. The van der Waals surface area contributed by atoms with E-state index in [1.54, 1.807) is 13.0 Å². The standard InChI is InChI=1S/C10H9F3O/c1-9(6-14-9)7-3-2-4-8(5-7)10(11,12)13/h2-5H,6H2,1H3/t9-/m1/s1. The lowest BCUT2D eigenvalue weighted by Gasteiger charge is -2.10. The average Bonchev–Trinajstić information content (AvgIpc) is 2.84. The zero-order valence-corrected chi connectivity index (χ0v) is 7.56. The lowest BCUT2D eigenvalue weighted by atomic mass is 10.00. The topological polar surface area (TPSA) is 12.5 Å². The maximum atomic E-state index is 12.3. The Labute approximate surface area is 79.5 Å². The second-order valence-electron chi connectivity index (χ2n) is 3.60. The summed E-state index contributed by atoms with van der Waals surface area (Å²) in [6.07, 6.45) is -4.28. The normalized spacial score (nSPS) is 26.3. The number of hydrogen-bond acceptors (Lipinski definition) is 1. The molecule has 0 bridgehead atoms. The van der Waals surface area contributed by atoms with Crippen LogP contribution in [0.2, 0.25) is 0 Å². The van der Waals surface area contributed by atoms with Crippen molar-refractivity contribution in [3.8, 4) is 0 Å². The van der Waals surface area contributed by atoms with E-state index in [1.165, 1.54) is 6.07 Å². The quantitative estimate of drug-likeness (QED) is 0.638. The van der Waals surface area contributed by atoms with E-state index in [4.69, 9.17) is 4.74 Å². The summed E-state index contributed by atoms with van der Waals surface area (Å²) in [6, 6.07) is 5.27. The highest BCUT2D eigenvalue weighted by Crippen LogP contribution is 2.40. The second kappa shape index (κ2) is 2.73. The summed E-state index contributed by atoms with van der Waals surface area (Å²) >= 11 is 0. The number of halogens is 3. The van der Waals surface area contributed by atoms with Gasteiger partial charge in [0.2, 0.25) is 0 Å². The van der Waals surface area contributed by atoms with Crippen LogP contribution >= 0.6 is 0 Å². The Morgan fingerprint density at radius 1 is 1.36 bits per heavy atom. The molecule has 1 aromatic carbocycles. The molecule has 1 aliphatic heterocycles. The van der Waals surface area contributed by atoms with Gasteiger partial charge in [0.15, 0.2) is 0 Å². The van der Waals surface area contributed by atoms with Gasteiger partial charge in [-0.05, 0) is 24.6 Å². The van der Waals surface area contributed by atoms with Crippen LogP contribution in [0.15, 0.2) is 24.3 Å². The van der Waals surface area contributed by atoms with Crippen molar-refractivity contribution < 1.29 is 17.9 Å². The van der Waals surface area contributed by atoms with E-state index in [-0.39, 0.29) is 0 Å². The van der Waals surface area contributed by atoms with Crippen molar-refractivity contribution in [1.29, 1.82) is 0 Å². The van der Waals surface area contributed by atoms with Crippen molar-refractivity contribution in [1.82, 2.24) is 0 Å². The van der Waals surface area contributed by atoms with Gasteiger partial charge in [0, 0.05) is 0 Å². The number of hydrogen-bond donors (Lipinski definition) is 0. The Morgan fingerprint density at radius 2 is 2.00 bits per heavy atom. The summed E-state index contributed by atoms with van der Waals surface area (Å²) < 4.78 is 42.1. The summed E-state index contributed by atoms with van der Waals surface area (Å²) in [5, 5.41) is 0. The first-order chi connectivity index (χ1) is 6.42. The van der Waals surface area contributed by atoms with Crippen molar-refractivity contribution in [3.05, 3.63) is 35.4 Å². The maximum absolute atomic E-state index is 12.3. The highest BCUT2D eigenvalue weighted by Gasteiger charge is 2.42. The van der Waals surface area contributed by atoms with Crippen LogP contribution in [-0.4, -0.2) is 6.61 Å². The molecule has 4 heteroatoms. The number of alkyl halides is 3. The summed E-state index contributed by atoms with van der Waals surface area (Å²) in [7, 11) is 0. The Hall–Kier alpha value is -1.03. The van der Waals surface area contributed by atoms with Gasteiger partial charge in [-0.15, -0.1) is 0 Å². The Kier molecular flexibility index (Phi) is 1.86. The minimum Gasteiger partial charge on any atom is -0.365 e. The molecule has 0 amide bonds. The molecule has 76 valence electrons. The fourth-order valence-corrected chi connectivity index (χ4v) is 1.30. The molecule has 0 unspecified atom stereocenters. The van der Waals surface area contributed by atoms with Crippen LogP contribution in [0.3, 0.4) is 0 Å². The fourth-order valence-electron chi connectivity index (χ4n) is 1.30. The lowest BCUT2D eigenvalue weighted by molar-refractivity contribution is -0.137. The number of benzene rings is 1. The number of rotatable bonds is 1. The highest BCUT2D eigenvalue weighted by atomic mass is 19.4. The first-order valence-corrected chi connectivity index (χ1v) is 4.23. The fraction of sp³-hybridized carbons (Fsp3) is 0.400. The number of epoxide rings is 1. The highest BCUT2D eigenvalue weighted by molar-refractivity contribution is 5.31. The lowest BCUT2D eigenvalue weighted by Crippen LogP contribution is -2.08. The van der Waals surface area contributed by atoms with Gasteiger partial charge in [-0.3, -0.25) is 0 Å². The first-order valence-electron chi connectivity index (χ1n) is 4.23. The largest absolute Gasteiger partial charge is 0.416 e. The predicted molar refractivity (Wildman–Crippen MR) is 44.7 cm³/mol. The molecule has 1 heterocycles. The van der Waals surface area contributed by atoms with Crippen molar-refractivity contribution in [3.63, 3.8) is 0 Å². The molecule has 0 radical (unpaired) electrons. The molecule has 0 aromatic heterocycles. The molecule has 0 spiro atoms.